The summed E-state index contributed by atoms with van der Waals surface area (Å²) in [5, 5.41) is 9.17. The van der Waals surface area contributed by atoms with Gasteiger partial charge in [0.1, 0.15) is 17.4 Å². The van der Waals surface area contributed by atoms with E-state index in [4.69, 9.17) is 5.26 Å². The second-order valence-corrected chi connectivity index (χ2v) is 5.50. The SMILES string of the molecule is N#Cc1c[nH]c2ccc(Cc3ccc(C(F)(F)F)cc3F)cc2c1=O. The van der Waals surface area contributed by atoms with Crippen LogP contribution in [0, 0.1) is 17.1 Å². The Morgan fingerprint density at radius 2 is 1.88 bits per heavy atom. The van der Waals surface area contributed by atoms with Crippen molar-refractivity contribution in [2.24, 2.45) is 0 Å². The number of aromatic amines is 1. The Balaban J connectivity index is 2.00. The van der Waals surface area contributed by atoms with E-state index >= 15 is 0 Å². The lowest BCUT2D eigenvalue weighted by Crippen LogP contribution is -2.08. The van der Waals surface area contributed by atoms with Crippen molar-refractivity contribution in [1.82, 2.24) is 4.98 Å². The van der Waals surface area contributed by atoms with E-state index < -0.39 is 23.0 Å². The fourth-order valence-electron chi connectivity index (χ4n) is 2.55. The van der Waals surface area contributed by atoms with E-state index in [-0.39, 0.29) is 22.9 Å². The third kappa shape index (κ3) is 3.24. The highest BCUT2D eigenvalue weighted by molar-refractivity contribution is 5.80. The van der Waals surface area contributed by atoms with Crippen LogP contribution in [0.5, 0.6) is 0 Å². The predicted molar refractivity (Wildman–Crippen MR) is 83.5 cm³/mol. The second kappa shape index (κ2) is 6.06. The van der Waals surface area contributed by atoms with Crippen LogP contribution in [0.25, 0.3) is 10.9 Å². The van der Waals surface area contributed by atoms with Crippen molar-refractivity contribution >= 4 is 10.9 Å². The highest BCUT2D eigenvalue weighted by Gasteiger charge is 2.31. The Kier molecular flexibility index (Phi) is 4.05. The molecular formula is C18H10F4N2O. The van der Waals surface area contributed by atoms with Crippen molar-refractivity contribution < 1.29 is 17.6 Å². The van der Waals surface area contributed by atoms with Gasteiger partial charge >= 0.3 is 6.18 Å². The molecule has 3 rings (SSSR count). The highest BCUT2D eigenvalue weighted by atomic mass is 19.4. The van der Waals surface area contributed by atoms with Crippen molar-refractivity contribution in [3.05, 3.63) is 80.9 Å². The number of nitrogens with one attached hydrogen (secondary N) is 1. The van der Waals surface area contributed by atoms with Crippen molar-refractivity contribution in [3.63, 3.8) is 0 Å². The van der Waals surface area contributed by atoms with Crippen LogP contribution in [-0.2, 0) is 12.6 Å². The Hall–Kier alpha value is -3.14. The van der Waals surface area contributed by atoms with Crippen LogP contribution in [-0.4, -0.2) is 4.98 Å². The van der Waals surface area contributed by atoms with Gasteiger partial charge in [-0.05, 0) is 35.4 Å². The first-order valence-electron chi connectivity index (χ1n) is 7.19. The van der Waals surface area contributed by atoms with Crippen molar-refractivity contribution in [3.8, 4) is 6.07 Å². The molecule has 0 aliphatic carbocycles. The molecule has 7 heteroatoms. The Bertz CT molecular complexity index is 1060. The molecule has 1 aromatic heterocycles. The first-order valence-corrected chi connectivity index (χ1v) is 7.19. The minimum absolute atomic E-state index is 0.0239. The van der Waals surface area contributed by atoms with Gasteiger partial charge in [0.15, 0.2) is 0 Å². The fraction of sp³-hybridized carbons (Fsp3) is 0.111. The molecule has 2 aromatic carbocycles. The van der Waals surface area contributed by atoms with Gasteiger partial charge in [-0.15, -0.1) is 0 Å². The number of fused-ring (bicyclic) bond motifs is 1. The number of halogens is 4. The molecule has 0 spiro atoms. The summed E-state index contributed by atoms with van der Waals surface area (Å²) in [6, 6.07) is 8.88. The molecule has 0 bridgehead atoms. The molecule has 0 fully saturated rings. The van der Waals surface area contributed by atoms with Gasteiger partial charge in [-0.3, -0.25) is 4.79 Å². The standard InChI is InChI=1S/C18H10F4N2O/c19-15-7-13(18(20,21)22)3-2-11(15)5-10-1-4-16-14(6-10)17(25)12(8-23)9-24-16/h1-4,6-7,9H,5H2,(H,24,25). The van der Waals surface area contributed by atoms with E-state index in [1.54, 1.807) is 18.2 Å². The smallest absolute Gasteiger partial charge is 0.360 e. The molecule has 0 aliphatic rings. The Morgan fingerprint density at radius 1 is 1.12 bits per heavy atom. The van der Waals surface area contributed by atoms with Crippen molar-refractivity contribution in [2.45, 2.75) is 12.6 Å². The molecule has 0 atom stereocenters. The lowest BCUT2D eigenvalue weighted by atomic mass is 10.0. The maximum Gasteiger partial charge on any atom is 0.416 e. The molecule has 0 saturated heterocycles. The van der Waals surface area contributed by atoms with Gasteiger partial charge in [0.05, 0.1) is 5.56 Å². The molecule has 25 heavy (non-hydrogen) atoms. The van der Waals surface area contributed by atoms with Gasteiger partial charge in [-0.2, -0.15) is 18.4 Å². The number of alkyl halides is 3. The molecule has 0 radical (unpaired) electrons. The second-order valence-electron chi connectivity index (χ2n) is 5.50. The van der Waals surface area contributed by atoms with Gasteiger partial charge < -0.3 is 4.98 Å². The van der Waals surface area contributed by atoms with Crippen molar-refractivity contribution in [2.75, 3.05) is 0 Å². The molecule has 0 amide bonds. The number of aromatic nitrogens is 1. The summed E-state index contributed by atoms with van der Waals surface area (Å²) < 4.78 is 51.7. The summed E-state index contributed by atoms with van der Waals surface area (Å²) in [7, 11) is 0. The van der Waals surface area contributed by atoms with Crippen LogP contribution in [0.2, 0.25) is 0 Å². The summed E-state index contributed by atoms with van der Waals surface area (Å²) in [4.78, 5) is 15.0. The van der Waals surface area contributed by atoms with Gasteiger partial charge in [0.25, 0.3) is 0 Å². The van der Waals surface area contributed by atoms with Gasteiger partial charge in [-0.25, -0.2) is 4.39 Å². The summed E-state index contributed by atoms with van der Waals surface area (Å²) >= 11 is 0. The minimum Gasteiger partial charge on any atom is -0.360 e. The first kappa shape index (κ1) is 16.7. The number of rotatable bonds is 2. The summed E-state index contributed by atoms with van der Waals surface area (Å²) in [6.07, 6.45) is -3.28. The van der Waals surface area contributed by atoms with Crippen LogP contribution >= 0.6 is 0 Å². The fourth-order valence-corrected chi connectivity index (χ4v) is 2.55. The number of pyridine rings is 1. The Labute approximate surface area is 139 Å². The third-order valence-corrected chi connectivity index (χ3v) is 3.84. The molecular weight excluding hydrogens is 336 g/mol. The van der Waals surface area contributed by atoms with Crippen LogP contribution in [0.3, 0.4) is 0 Å². The molecule has 0 aliphatic heterocycles. The minimum atomic E-state index is -4.61. The average molecular weight is 346 g/mol. The summed E-state index contributed by atoms with van der Waals surface area (Å²) in [5.41, 5.74) is -0.411. The van der Waals surface area contributed by atoms with E-state index in [0.29, 0.717) is 17.1 Å². The zero-order chi connectivity index (χ0) is 18.2. The van der Waals surface area contributed by atoms with Crippen LogP contribution in [0.15, 0.2) is 47.4 Å². The molecule has 1 heterocycles. The molecule has 1 N–H and O–H groups in total. The zero-order valence-corrected chi connectivity index (χ0v) is 12.6. The van der Waals surface area contributed by atoms with Gasteiger partial charge in [0.2, 0.25) is 5.43 Å². The molecule has 126 valence electrons. The van der Waals surface area contributed by atoms with E-state index in [0.717, 1.165) is 12.1 Å². The third-order valence-electron chi connectivity index (χ3n) is 3.84. The lowest BCUT2D eigenvalue weighted by molar-refractivity contribution is -0.137. The molecule has 0 unspecified atom stereocenters. The van der Waals surface area contributed by atoms with E-state index in [1.807, 2.05) is 0 Å². The van der Waals surface area contributed by atoms with E-state index in [2.05, 4.69) is 4.98 Å². The summed E-state index contributed by atoms with van der Waals surface area (Å²) in [6.45, 7) is 0. The van der Waals surface area contributed by atoms with E-state index in [1.165, 1.54) is 12.3 Å². The first-order chi connectivity index (χ1) is 11.8. The van der Waals surface area contributed by atoms with Crippen LogP contribution in [0.4, 0.5) is 17.6 Å². The number of hydrogen-bond donors (Lipinski definition) is 1. The largest absolute Gasteiger partial charge is 0.416 e. The monoisotopic (exact) mass is 346 g/mol. The molecule has 3 nitrogen and oxygen atoms in total. The van der Waals surface area contributed by atoms with Crippen LogP contribution in [0.1, 0.15) is 22.3 Å². The van der Waals surface area contributed by atoms with Gasteiger partial charge in [-0.1, -0.05) is 12.1 Å². The predicted octanol–water partition coefficient (Wildman–Crippen LogP) is 4.15. The highest BCUT2D eigenvalue weighted by Crippen LogP contribution is 2.30. The molecule has 0 saturated carbocycles. The number of H-pyrrole nitrogens is 1. The normalized spacial score (nSPS) is 11.5. The van der Waals surface area contributed by atoms with Crippen molar-refractivity contribution in [1.29, 1.82) is 5.26 Å². The number of hydrogen-bond acceptors (Lipinski definition) is 2. The number of benzene rings is 2. The van der Waals surface area contributed by atoms with Crippen LogP contribution < -0.4 is 5.43 Å². The molecule has 3 aromatic rings. The zero-order valence-electron chi connectivity index (χ0n) is 12.6. The summed E-state index contributed by atoms with van der Waals surface area (Å²) in [5.74, 6) is -0.963. The number of nitriles is 1. The average Bonchev–Trinajstić information content (AvgIpc) is 2.56. The quantitative estimate of drug-likeness (QED) is 0.709. The maximum absolute atomic E-state index is 14.0. The maximum atomic E-state index is 14.0. The Morgan fingerprint density at radius 3 is 2.52 bits per heavy atom. The topological polar surface area (TPSA) is 56.6 Å². The van der Waals surface area contributed by atoms with E-state index in [9.17, 15) is 22.4 Å². The van der Waals surface area contributed by atoms with Gasteiger partial charge in [0, 0.05) is 23.5 Å². The number of nitrogens with zero attached hydrogens (tertiary/aromatic N) is 1. The lowest BCUT2D eigenvalue weighted by Gasteiger charge is -2.10.